The van der Waals surface area contributed by atoms with Gasteiger partial charge in [0.1, 0.15) is 28.8 Å². The molecule has 0 radical (unpaired) electrons. The van der Waals surface area contributed by atoms with Crippen molar-refractivity contribution in [3.63, 3.8) is 0 Å². The van der Waals surface area contributed by atoms with E-state index in [1.165, 1.54) is 6.92 Å². The van der Waals surface area contributed by atoms with Gasteiger partial charge in [-0.05, 0) is 79.8 Å². The van der Waals surface area contributed by atoms with Crippen LogP contribution < -0.4 is 10.4 Å². The Labute approximate surface area is 270 Å². The Morgan fingerprint density at radius 3 is 2.56 bits per heavy atom. The molecule has 2 saturated carbocycles. The average molecular weight is 681 g/mol. The number of fused-ring (bicyclic) bond motifs is 4. The highest BCUT2D eigenvalue weighted by Crippen LogP contribution is 2.68. The van der Waals surface area contributed by atoms with Gasteiger partial charge in [-0.1, -0.05) is 36.7 Å². The third-order valence-electron chi connectivity index (χ3n) is 11.0. The van der Waals surface area contributed by atoms with Crippen molar-refractivity contribution in [2.45, 2.75) is 71.7 Å². The molecule has 1 N–H and O–H groups in total. The lowest BCUT2D eigenvalue weighted by molar-refractivity contribution is -0.257. The minimum absolute atomic E-state index is 0.0466. The fraction of sp³-hybridized carbons (Fsp3) is 0.486. The first-order chi connectivity index (χ1) is 21.3. The Balaban J connectivity index is 1.49. The summed E-state index contributed by atoms with van der Waals surface area (Å²) >= 11 is 3.41. The quantitative estimate of drug-likeness (QED) is 0.300. The molecule has 0 bridgehead atoms. The molecule has 1 aliphatic heterocycles. The number of esters is 2. The van der Waals surface area contributed by atoms with E-state index in [-0.39, 0.29) is 41.5 Å². The van der Waals surface area contributed by atoms with Crippen LogP contribution in [-0.4, -0.2) is 40.3 Å². The van der Waals surface area contributed by atoms with E-state index in [0.717, 1.165) is 17.3 Å². The molecule has 10 heteroatoms. The second-order valence-electron chi connectivity index (χ2n) is 13.5. The molecule has 0 spiro atoms. The first-order valence-corrected chi connectivity index (χ1v) is 16.1. The molecule has 1 aromatic carbocycles. The van der Waals surface area contributed by atoms with Crippen LogP contribution in [0.15, 0.2) is 68.5 Å². The van der Waals surface area contributed by atoms with E-state index in [1.54, 1.807) is 54.9 Å². The number of benzene rings is 1. The van der Waals surface area contributed by atoms with E-state index < -0.39 is 46.2 Å². The number of hydrogen-bond acceptors (Lipinski definition) is 9. The van der Waals surface area contributed by atoms with Crippen LogP contribution in [0.2, 0.25) is 0 Å². The predicted molar refractivity (Wildman–Crippen MR) is 168 cm³/mol. The Hall–Kier alpha value is -3.50. The van der Waals surface area contributed by atoms with Crippen molar-refractivity contribution in [1.29, 1.82) is 0 Å². The van der Waals surface area contributed by atoms with Crippen molar-refractivity contribution in [2.75, 3.05) is 6.61 Å². The molecule has 9 nitrogen and oxygen atoms in total. The molecule has 3 aromatic rings. The largest absolute Gasteiger partial charge is 0.482 e. The topological polar surface area (TPSA) is 125 Å². The zero-order valence-corrected chi connectivity index (χ0v) is 27.6. The molecule has 8 atom stereocenters. The first kappa shape index (κ1) is 31.5. The van der Waals surface area contributed by atoms with Crippen LogP contribution in [0.3, 0.4) is 0 Å². The van der Waals surface area contributed by atoms with Gasteiger partial charge in [0.15, 0.2) is 0 Å². The smallest absolute Gasteiger partial charge is 0.345 e. The van der Waals surface area contributed by atoms with Gasteiger partial charge < -0.3 is 23.7 Å². The van der Waals surface area contributed by atoms with Crippen molar-refractivity contribution < 1.29 is 33.3 Å². The second kappa shape index (κ2) is 11.4. The number of halogens is 1. The van der Waals surface area contributed by atoms with Gasteiger partial charge in [-0.15, -0.1) is 0 Å². The monoisotopic (exact) mass is 679 g/mol. The molecule has 0 saturated heterocycles. The molecular weight excluding hydrogens is 642 g/mol. The fourth-order valence-electron chi connectivity index (χ4n) is 8.48. The van der Waals surface area contributed by atoms with Crippen molar-refractivity contribution in [1.82, 2.24) is 4.98 Å². The Bertz CT molecular complexity index is 1680. The van der Waals surface area contributed by atoms with Gasteiger partial charge in [-0.25, -0.2) is 9.59 Å². The number of pyridine rings is 1. The van der Waals surface area contributed by atoms with Gasteiger partial charge >= 0.3 is 17.6 Å². The highest BCUT2D eigenvalue weighted by atomic mass is 79.9. The predicted octanol–water partition coefficient (Wildman–Crippen LogP) is 6.52. The maximum absolute atomic E-state index is 13.6. The summed E-state index contributed by atoms with van der Waals surface area (Å²) in [5.41, 5.74) is -1.99. The lowest BCUT2D eigenvalue weighted by Gasteiger charge is -2.66. The van der Waals surface area contributed by atoms with E-state index in [1.807, 2.05) is 6.92 Å². The Kier molecular flexibility index (Phi) is 7.96. The number of aliphatic hydroxyl groups is 1. The number of rotatable bonds is 5. The summed E-state index contributed by atoms with van der Waals surface area (Å²) in [5.74, 6) is -1.09. The summed E-state index contributed by atoms with van der Waals surface area (Å²) < 4.78 is 25.3. The van der Waals surface area contributed by atoms with Crippen LogP contribution in [0, 0.1) is 28.6 Å². The SMILES string of the molecule is CC(=O)OC[C@@]1(C)C2C[C@H](OC(=O)c3ccc(Br)cc3)[C@@]3(C)Oc4cc(-c5cccnc5)oc(=O)c4[C@H](O)C3[C@@]2(C)CC[C@@H]1C. The number of carbonyl (C=O) groups is 2. The number of hydrogen-bond donors (Lipinski definition) is 1. The van der Waals surface area contributed by atoms with Crippen LogP contribution in [0.5, 0.6) is 5.75 Å². The molecule has 2 fully saturated rings. The molecule has 6 rings (SSSR count). The number of nitrogens with zero attached hydrogens (tertiary/aromatic N) is 1. The van der Waals surface area contributed by atoms with E-state index in [0.29, 0.717) is 17.5 Å². The van der Waals surface area contributed by atoms with E-state index in [9.17, 15) is 19.5 Å². The number of carbonyl (C=O) groups excluding carboxylic acids is 2. The highest BCUT2D eigenvalue weighted by molar-refractivity contribution is 9.10. The zero-order valence-electron chi connectivity index (χ0n) is 26.0. The number of aliphatic hydroxyl groups excluding tert-OH is 1. The van der Waals surface area contributed by atoms with Crippen LogP contribution in [0.25, 0.3) is 11.3 Å². The van der Waals surface area contributed by atoms with E-state index >= 15 is 0 Å². The first-order valence-electron chi connectivity index (χ1n) is 15.3. The highest BCUT2D eigenvalue weighted by Gasteiger charge is 2.70. The summed E-state index contributed by atoms with van der Waals surface area (Å²) in [6.45, 7) is 9.82. The minimum atomic E-state index is -1.27. The molecule has 3 aliphatic rings. The summed E-state index contributed by atoms with van der Waals surface area (Å²) in [5, 5.41) is 12.2. The molecule has 238 valence electrons. The zero-order chi connectivity index (χ0) is 32.3. The normalized spacial score (nSPS) is 33.5. The van der Waals surface area contributed by atoms with Crippen molar-refractivity contribution in [2.24, 2.45) is 28.6 Å². The van der Waals surface area contributed by atoms with Gasteiger partial charge in [0.2, 0.25) is 0 Å². The molecule has 2 unspecified atom stereocenters. The van der Waals surface area contributed by atoms with Gasteiger partial charge in [0.25, 0.3) is 0 Å². The Morgan fingerprint density at radius 2 is 1.89 bits per heavy atom. The molecular formula is C35H38BrNO8. The number of ether oxygens (including phenoxy) is 3. The Morgan fingerprint density at radius 1 is 1.16 bits per heavy atom. The lowest BCUT2D eigenvalue weighted by Crippen LogP contribution is -2.70. The van der Waals surface area contributed by atoms with Crippen LogP contribution in [-0.2, 0) is 14.3 Å². The molecule has 45 heavy (non-hydrogen) atoms. The standard InChI is InChI=1S/C35H38BrNO8/c1-19-12-13-33(3)26(34(19,4)18-42-20(2)38)16-27(44-31(40)21-8-10-23(36)11-9-21)35(5)30(33)29(39)28-25(45-35)15-24(43-32(28)41)22-7-6-14-37-17-22/h6-11,14-15,17,19,26-27,29-30,39H,12-13,16,18H2,1-5H3/t19-,26?,27-,29-,30?,33-,34+,35+/m0/s1. The van der Waals surface area contributed by atoms with Crippen molar-refractivity contribution in [3.05, 3.63) is 80.9 Å². The molecule has 3 heterocycles. The molecule has 2 aromatic heterocycles. The van der Waals surface area contributed by atoms with Gasteiger partial charge in [0.05, 0.1) is 18.3 Å². The summed E-state index contributed by atoms with van der Waals surface area (Å²) in [4.78, 5) is 43.3. The summed E-state index contributed by atoms with van der Waals surface area (Å²) in [7, 11) is 0. The molecule has 0 amide bonds. The van der Waals surface area contributed by atoms with Crippen LogP contribution in [0.4, 0.5) is 0 Å². The van der Waals surface area contributed by atoms with Crippen LogP contribution >= 0.6 is 15.9 Å². The summed E-state index contributed by atoms with van der Waals surface area (Å²) in [6.07, 6.45) is 3.08. The third-order valence-corrected chi connectivity index (χ3v) is 11.5. The third kappa shape index (κ3) is 5.19. The van der Waals surface area contributed by atoms with Crippen molar-refractivity contribution >= 4 is 27.9 Å². The summed E-state index contributed by atoms with van der Waals surface area (Å²) in [6, 6.07) is 12.0. The molecule has 2 aliphatic carbocycles. The van der Waals surface area contributed by atoms with Gasteiger partial charge in [-0.2, -0.15) is 0 Å². The fourth-order valence-corrected chi connectivity index (χ4v) is 8.74. The van der Waals surface area contributed by atoms with Crippen molar-refractivity contribution in [3.8, 4) is 17.1 Å². The minimum Gasteiger partial charge on any atom is -0.482 e. The van der Waals surface area contributed by atoms with E-state index in [4.69, 9.17) is 18.6 Å². The lowest BCUT2D eigenvalue weighted by atomic mass is 9.41. The maximum atomic E-state index is 13.6. The maximum Gasteiger partial charge on any atom is 0.345 e. The van der Waals surface area contributed by atoms with E-state index in [2.05, 4.69) is 41.7 Å². The van der Waals surface area contributed by atoms with Gasteiger partial charge in [-0.3, -0.25) is 9.78 Å². The second-order valence-corrected chi connectivity index (χ2v) is 14.5. The number of aromatic nitrogens is 1. The average Bonchev–Trinajstić information content (AvgIpc) is 2.99. The van der Waals surface area contributed by atoms with Gasteiger partial charge in [0, 0.05) is 46.8 Å². The van der Waals surface area contributed by atoms with Crippen LogP contribution in [0.1, 0.15) is 75.9 Å².